The van der Waals surface area contributed by atoms with Crippen LogP contribution in [0.4, 0.5) is 4.39 Å². The van der Waals surface area contributed by atoms with Crippen LogP contribution < -0.4 is 0 Å². The third-order valence-corrected chi connectivity index (χ3v) is 4.07. The summed E-state index contributed by atoms with van der Waals surface area (Å²) in [6, 6.07) is 4.12. The molecule has 3 rings (SSSR count). The molecule has 104 valence electrons. The number of rotatable bonds is 1. The Morgan fingerprint density at radius 1 is 1.40 bits per heavy atom. The standard InChI is InChI=1S/C16H16FNO2/c1-8-5-9(2)15-12(6-8)14(16(19)20)11-4-3-10(17)7-13(11)18-15/h3-4,7-9H,5-6H2,1-2H3,(H,19,20). The summed E-state index contributed by atoms with van der Waals surface area (Å²) in [6.45, 7) is 4.18. The first-order chi connectivity index (χ1) is 9.47. The third-order valence-electron chi connectivity index (χ3n) is 4.07. The largest absolute Gasteiger partial charge is 0.478 e. The normalized spacial score (nSPS) is 21.8. The van der Waals surface area contributed by atoms with E-state index in [1.807, 2.05) is 0 Å². The van der Waals surface area contributed by atoms with Gasteiger partial charge < -0.3 is 5.11 Å². The Balaban J connectivity index is 2.39. The molecule has 0 bridgehead atoms. The molecule has 2 atom stereocenters. The van der Waals surface area contributed by atoms with Gasteiger partial charge in [-0.1, -0.05) is 13.8 Å². The van der Waals surface area contributed by atoms with Crippen LogP contribution in [0, 0.1) is 11.7 Å². The first-order valence-corrected chi connectivity index (χ1v) is 6.82. The summed E-state index contributed by atoms with van der Waals surface area (Å²) < 4.78 is 13.4. The van der Waals surface area contributed by atoms with Crippen molar-refractivity contribution in [3.05, 3.63) is 40.8 Å². The minimum Gasteiger partial charge on any atom is -0.478 e. The first kappa shape index (κ1) is 13.0. The molecule has 1 aromatic heterocycles. The summed E-state index contributed by atoms with van der Waals surface area (Å²) in [6.07, 6.45) is 1.71. The molecule has 2 aromatic rings. The van der Waals surface area contributed by atoms with Crippen molar-refractivity contribution in [3.63, 3.8) is 0 Å². The SMILES string of the molecule is CC1Cc2c(nc3cc(F)ccc3c2C(=O)O)C(C)C1. The molecule has 0 saturated carbocycles. The molecule has 1 N–H and O–H groups in total. The van der Waals surface area contributed by atoms with Gasteiger partial charge in [0.1, 0.15) is 5.82 Å². The Labute approximate surface area is 116 Å². The Kier molecular flexibility index (Phi) is 2.96. The molecular weight excluding hydrogens is 257 g/mol. The smallest absolute Gasteiger partial charge is 0.336 e. The van der Waals surface area contributed by atoms with Crippen LogP contribution in [-0.2, 0) is 6.42 Å². The van der Waals surface area contributed by atoms with E-state index >= 15 is 0 Å². The van der Waals surface area contributed by atoms with Crippen LogP contribution in [0.5, 0.6) is 0 Å². The van der Waals surface area contributed by atoms with Gasteiger partial charge in [0.05, 0.1) is 11.1 Å². The second-order valence-electron chi connectivity index (χ2n) is 5.76. The number of halogens is 1. The van der Waals surface area contributed by atoms with E-state index in [2.05, 4.69) is 18.8 Å². The molecule has 0 amide bonds. The number of hydrogen-bond acceptors (Lipinski definition) is 2. The van der Waals surface area contributed by atoms with E-state index < -0.39 is 11.8 Å². The minimum absolute atomic E-state index is 0.208. The van der Waals surface area contributed by atoms with E-state index in [1.165, 1.54) is 18.2 Å². The fourth-order valence-corrected chi connectivity index (χ4v) is 3.30. The summed E-state index contributed by atoms with van der Waals surface area (Å²) in [7, 11) is 0. The number of hydrogen-bond donors (Lipinski definition) is 1. The lowest BCUT2D eigenvalue weighted by Gasteiger charge is -2.28. The van der Waals surface area contributed by atoms with Crippen LogP contribution in [0.3, 0.4) is 0 Å². The molecule has 20 heavy (non-hydrogen) atoms. The van der Waals surface area contributed by atoms with Crippen molar-refractivity contribution in [3.8, 4) is 0 Å². The second kappa shape index (κ2) is 4.54. The summed E-state index contributed by atoms with van der Waals surface area (Å²) in [5, 5.41) is 10.1. The number of benzene rings is 1. The van der Waals surface area contributed by atoms with Crippen molar-refractivity contribution in [2.24, 2.45) is 5.92 Å². The van der Waals surface area contributed by atoms with Crippen molar-refractivity contribution < 1.29 is 14.3 Å². The Bertz CT molecular complexity index is 711. The number of pyridine rings is 1. The van der Waals surface area contributed by atoms with Gasteiger partial charge in [-0.25, -0.2) is 9.18 Å². The average molecular weight is 273 g/mol. The summed E-state index contributed by atoms with van der Waals surface area (Å²) in [5.41, 5.74) is 2.37. The maximum absolute atomic E-state index is 13.4. The highest BCUT2D eigenvalue weighted by atomic mass is 19.1. The zero-order chi connectivity index (χ0) is 14.4. The van der Waals surface area contributed by atoms with Crippen molar-refractivity contribution in [1.82, 2.24) is 4.98 Å². The number of carbonyl (C=O) groups is 1. The lowest BCUT2D eigenvalue weighted by molar-refractivity contribution is 0.0697. The molecule has 0 radical (unpaired) electrons. The Morgan fingerprint density at radius 2 is 2.15 bits per heavy atom. The molecule has 1 heterocycles. The highest BCUT2D eigenvalue weighted by Crippen LogP contribution is 2.37. The molecule has 1 aliphatic carbocycles. The maximum atomic E-state index is 13.4. The maximum Gasteiger partial charge on any atom is 0.336 e. The average Bonchev–Trinajstić information content (AvgIpc) is 2.36. The van der Waals surface area contributed by atoms with Gasteiger partial charge in [-0.05, 0) is 42.4 Å². The summed E-state index contributed by atoms with van der Waals surface area (Å²) >= 11 is 0. The van der Waals surface area contributed by atoms with Gasteiger partial charge in [0.15, 0.2) is 0 Å². The topological polar surface area (TPSA) is 50.2 Å². The van der Waals surface area contributed by atoms with Crippen molar-refractivity contribution in [1.29, 1.82) is 0 Å². The quantitative estimate of drug-likeness (QED) is 0.860. The Morgan fingerprint density at radius 3 is 2.85 bits per heavy atom. The summed E-state index contributed by atoms with van der Waals surface area (Å²) in [5.74, 6) is -0.700. The van der Waals surface area contributed by atoms with Gasteiger partial charge in [0.25, 0.3) is 0 Å². The lowest BCUT2D eigenvalue weighted by Crippen LogP contribution is -2.20. The predicted octanol–water partition coefficient (Wildman–Crippen LogP) is 3.76. The molecule has 0 saturated heterocycles. The van der Waals surface area contributed by atoms with Crippen LogP contribution in [0.2, 0.25) is 0 Å². The van der Waals surface area contributed by atoms with Gasteiger partial charge in [-0.2, -0.15) is 0 Å². The van der Waals surface area contributed by atoms with E-state index in [-0.39, 0.29) is 5.92 Å². The fourth-order valence-electron chi connectivity index (χ4n) is 3.30. The molecule has 1 aromatic carbocycles. The molecule has 0 spiro atoms. The van der Waals surface area contributed by atoms with Crippen LogP contribution in [0.15, 0.2) is 18.2 Å². The van der Waals surface area contributed by atoms with Crippen LogP contribution in [0.1, 0.15) is 47.8 Å². The number of aromatic carboxylic acids is 1. The van der Waals surface area contributed by atoms with E-state index in [0.29, 0.717) is 22.4 Å². The van der Waals surface area contributed by atoms with Crippen LogP contribution in [-0.4, -0.2) is 16.1 Å². The molecule has 4 heteroatoms. The van der Waals surface area contributed by atoms with Gasteiger partial charge in [-0.3, -0.25) is 4.98 Å². The third kappa shape index (κ3) is 1.96. The summed E-state index contributed by atoms with van der Waals surface area (Å²) in [4.78, 5) is 16.2. The molecule has 2 unspecified atom stereocenters. The predicted molar refractivity (Wildman–Crippen MR) is 74.6 cm³/mol. The van der Waals surface area contributed by atoms with Crippen LogP contribution in [0.25, 0.3) is 10.9 Å². The van der Waals surface area contributed by atoms with Gasteiger partial charge in [0.2, 0.25) is 0 Å². The van der Waals surface area contributed by atoms with E-state index in [1.54, 1.807) is 0 Å². The molecule has 0 aliphatic heterocycles. The highest BCUT2D eigenvalue weighted by molar-refractivity contribution is 6.04. The van der Waals surface area contributed by atoms with Gasteiger partial charge in [0, 0.05) is 17.1 Å². The number of aromatic nitrogens is 1. The van der Waals surface area contributed by atoms with Crippen LogP contribution >= 0.6 is 0 Å². The highest BCUT2D eigenvalue weighted by Gasteiger charge is 2.29. The molecule has 1 aliphatic rings. The first-order valence-electron chi connectivity index (χ1n) is 6.82. The van der Waals surface area contributed by atoms with Gasteiger partial charge >= 0.3 is 5.97 Å². The number of carboxylic acid groups (broad SMARTS) is 1. The zero-order valence-corrected chi connectivity index (χ0v) is 11.5. The molecule has 3 nitrogen and oxygen atoms in total. The monoisotopic (exact) mass is 273 g/mol. The molecular formula is C16H16FNO2. The van der Waals surface area contributed by atoms with Crippen molar-refractivity contribution in [2.75, 3.05) is 0 Å². The minimum atomic E-state index is -0.957. The number of carboxylic acids is 1. The zero-order valence-electron chi connectivity index (χ0n) is 11.5. The second-order valence-corrected chi connectivity index (χ2v) is 5.76. The van der Waals surface area contributed by atoms with Crippen molar-refractivity contribution >= 4 is 16.9 Å². The van der Waals surface area contributed by atoms with Gasteiger partial charge in [-0.15, -0.1) is 0 Å². The Hall–Kier alpha value is -1.97. The van der Waals surface area contributed by atoms with E-state index in [9.17, 15) is 14.3 Å². The van der Waals surface area contributed by atoms with Crippen molar-refractivity contribution in [2.45, 2.75) is 32.6 Å². The van der Waals surface area contributed by atoms with E-state index in [4.69, 9.17) is 0 Å². The fraction of sp³-hybridized carbons (Fsp3) is 0.375. The lowest BCUT2D eigenvalue weighted by atomic mass is 9.79. The number of fused-ring (bicyclic) bond motifs is 2. The van der Waals surface area contributed by atoms with E-state index in [0.717, 1.165) is 24.1 Å². The molecule has 0 fully saturated rings. The number of nitrogens with zero attached hydrogens (tertiary/aromatic N) is 1.